The molecule has 19 heavy (non-hydrogen) atoms. The number of hydrogen-bond donors (Lipinski definition) is 1. The first-order valence-corrected chi connectivity index (χ1v) is 6.73. The molecule has 0 aliphatic rings. The van der Waals surface area contributed by atoms with E-state index in [1.165, 1.54) is 0 Å². The minimum absolute atomic E-state index is 0.412. The van der Waals surface area contributed by atoms with E-state index < -0.39 is 5.91 Å². The Morgan fingerprint density at radius 1 is 1.21 bits per heavy atom. The van der Waals surface area contributed by atoms with Crippen LogP contribution in [0.15, 0.2) is 42.5 Å². The van der Waals surface area contributed by atoms with E-state index in [1.54, 1.807) is 11.3 Å². The quantitative estimate of drug-likeness (QED) is 0.774. The molecule has 0 radical (unpaired) electrons. The van der Waals surface area contributed by atoms with Gasteiger partial charge in [-0.15, -0.1) is 11.3 Å². The van der Waals surface area contributed by atoms with Gasteiger partial charge in [-0.05, 0) is 24.6 Å². The van der Waals surface area contributed by atoms with Gasteiger partial charge in [-0.1, -0.05) is 30.3 Å². The Kier molecular flexibility index (Phi) is 2.80. The fourth-order valence-corrected chi connectivity index (χ4v) is 3.01. The fraction of sp³-hybridized carbons (Fsp3) is 0.0667. The Morgan fingerprint density at radius 2 is 1.95 bits per heavy atom. The van der Waals surface area contributed by atoms with E-state index in [-0.39, 0.29) is 0 Å². The van der Waals surface area contributed by atoms with E-state index in [1.807, 2.05) is 49.4 Å². The van der Waals surface area contributed by atoms with E-state index >= 15 is 0 Å². The third-order valence-electron chi connectivity index (χ3n) is 2.97. The Morgan fingerprint density at radius 3 is 2.63 bits per heavy atom. The van der Waals surface area contributed by atoms with Crippen molar-refractivity contribution in [1.29, 1.82) is 0 Å². The number of nitrogens with zero attached hydrogens (tertiary/aromatic N) is 1. The smallest absolute Gasteiger partial charge is 0.248 e. The zero-order valence-electron chi connectivity index (χ0n) is 10.4. The molecule has 0 aliphatic carbocycles. The third kappa shape index (κ3) is 2.11. The molecule has 0 spiro atoms. The van der Waals surface area contributed by atoms with E-state index in [9.17, 15) is 4.79 Å². The zero-order valence-corrected chi connectivity index (χ0v) is 11.2. The van der Waals surface area contributed by atoms with Crippen LogP contribution in [-0.2, 0) is 0 Å². The molecule has 0 atom stereocenters. The summed E-state index contributed by atoms with van der Waals surface area (Å²) in [5.74, 6) is -0.412. The molecule has 0 aliphatic heterocycles. The van der Waals surface area contributed by atoms with Crippen LogP contribution in [0.1, 0.15) is 15.4 Å². The number of amides is 1. The highest BCUT2D eigenvalue weighted by Gasteiger charge is 2.12. The number of aromatic nitrogens is 1. The van der Waals surface area contributed by atoms with Crippen LogP contribution >= 0.6 is 11.3 Å². The maximum atomic E-state index is 11.4. The lowest BCUT2D eigenvalue weighted by Gasteiger charge is -2.05. The number of nitrogens with two attached hydrogens (primary N) is 1. The summed E-state index contributed by atoms with van der Waals surface area (Å²) < 4.78 is 0.993. The van der Waals surface area contributed by atoms with Gasteiger partial charge in [0.25, 0.3) is 0 Å². The van der Waals surface area contributed by atoms with Crippen molar-refractivity contribution in [3.05, 3.63) is 53.0 Å². The van der Waals surface area contributed by atoms with Gasteiger partial charge in [0.2, 0.25) is 5.91 Å². The molecule has 1 amide bonds. The summed E-state index contributed by atoms with van der Waals surface area (Å²) in [6, 6.07) is 13.6. The van der Waals surface area contributed by atoms with Gasteiger partial charge in [-0.3, -0.25) is 4.79 Å². The van der Waals surface area contributed by atoms with Crippen LogP contribution in [0.25, 0.3) is 21.3 Å². The molecule has 2 N–H and O–H groups in total. The van der Waals surface area contributed by atoms with Crippen molar-refractivity contribution in [2.24, 2.45) is 5.73 Å². The number of primary amides is 1. The molecule has 4 heteroatoms. The lowest BCUT2D eigenvalue weighted by Crippen LogP contribution is -2.10. The fourth-order valence-electron chi connectivity index (χ4n) is 2.12. The zero-order chi connectivity index (χ0) is 13.4. The minimum Gasteiger partial charge on any atom is -0.366 e. The second kappa shape index (κ2) is 4.48. The average molecular weight is 268 g/mol. The SMILES string of the molecule is Cc1nc2c(-c3ccccc3)cc(C(N)=O)cc2s1. The number of carbonyl (C=O) groups is 1. The molecular weight excluding hydrogens is 256 g/mol. The molecule has 0 bridgehead atoms. The number of benzene rings is 2. The molecule has 0 unspecified atom stereocenters. The molecule has 0 saturated heterocycles. The Labute approximate surface area is 114 Å². The van der Waals surface area contributed by atoms with Crippen molar-refractivity contribution in [2.75, 3.05) is 0 Å². The van der Waals surface area contributed by atoms with Gasteiger partial charge in [0.1, 0.15) is 0 Å². The Balaban J connectivity index is 2.35. The summed E-state index contributed by atoms with van der Waals surface area (Å²) in [7, 11) is 0. The van der Waals surface area contributed by atoms with E-state index in [4.69, 9.17) is 5.73 Å². The maximum Gasteiger partial charge on any atom is 0.248 e. The van der Waals surface area contributed by atoms with Gasteiger partial charge in [-0.2, -0.15) is 0 Å². The molecule has 0 saturated carbocycles. The summed E-state index contributed by atoms with van der Waals surface area (Å²) >= 11 is 1.57. The molecule has 3 nitrogen and oxygen atoms in total. The van der Waals surface area contributed by atoms with Crippen LogP contribution in [0.5, 0.6) is 0 Å². The predicted molar refractivity (Wildman–Crippen MR) is 78.3 cm³/mol. The summed E-state index contributed by atoms with van der Waals surface area (Å²) in [6.45, 7) is 1.96. The summed E-state index contributed by atoms with van der Waals surface area (Å²) in [4.78, 5) is 16.0. The van der Waals surface area contributed by atoms with Crippen molar-refractivity contribution < 1.29 is 4.79 Å². The van der Waals surface area contributed by atoms with Crippen LogP contribution < -0.4 is 5.73 Å². The first-order valence-electron chi connectivity index (χ1n) is 5.91. The molecule has 0 fully saturated rings. The highest BCUT2D eigenvalue weighted by Crippen LogP contribution is 2.32. The Bertz CT molecular complexity index is 762. The van der Waals surface area contributed by atoms with Crippen molar-refractivity contribution in [3.63, 3.8) is 0 Å². The largest absolute Gasteiger partial charge is 0.366 e. The van der Waals surface area contributed by atoms with Crippen LogP contribution in [0.2, 0.25) is 0 Å². The number of thiazole rings is 1. The second-order valence-electron chi connectivity index (χ2n) is 4.33. The molecular formula is C15H12N2OS. The summed E-state index contributed by atoms with van der Waals surface area (Å²) in [6.07, 6.45) is 0. The minimum atomic E-state index is -0.412. The highest BCUT2D eigenvalue weighted by atomic mass is 32.1. The normalized spacial score (nSPS) is 10.8. The standard InChI is InChI=1S/C15H12N2OS/c1-9-17-14-12(10-5-3-2-4-6-10)7-11(15(16)18)8-13(14)19-9/h2-8H,1H3,(H2,16,18). The van der Waals surface area contributed by atoms with Gasteiger partial charge in [0.05, 0.1) is 15.2 Å². The van der Waals surface area contributed by atoms with Gasteiger partial charge in [-0.25, -0.2) is 4.98 Å². The van der Waals surface area contributed by atoms with Crippen molar-refractivity contribution in [1.82, 2.24) is 4.98 Å². The topological polar surface area (TPSA) is 56.0 Å². The van der Waals surface area contributed by atoms with Crippen LogP contribution in [0, 0.1) is 6.92 Å². The monoisotopic (exact) mass is 268 g/mol. The van der Waals surface area contributed by atoms with Crippen LogP contribution in [0.3, 0.4) is 0 Å². The molecule has 1 heterocycles. The summed E-state index contributed by atoms with van der Waals surface area (Å²) in [5.41, 5.74) is 8.85. The van der Waals surface area contributed by atoms with Gasteiger partial charge in [0, 0.05) is 11.1 Å². The predicted octanol–water partition coefficient (Wildman–Crippen LogP) is 3.37. The average Bonchev–Trinajstić information content (AvgIpc) is 2.78. The van der Waals surface area contributed by atoms with Crippen molar-refractivity contribution in [2.45, 2.75) is 6.92 Å². The number of aryl methyl sites for hydroxylation is 1. The second-order valence-corrected chi connectivity index (χ2v) is 5.57. The number of fused-ring (bicyclic) bond motifs is 1. The molecule has 2 aromatic carbocycles. The van der Waals surface area contributed by atoms with E-state index in [2.05, 4.69) is 4.98 Å². The maximum absolute atomic E-state index is 11.4. The first-order chi connectivity index (χ1) is 9.15. The molecule has 3 aromatic rings. The van der Waals surface area contributed by atoms with Gasteiger partial charge >= 0.3 is 0 Å². The van der Waals surface area contributed by atoms with Gasteiger partial charge < -0.3 is 5.73 Å². The summed E-state index contributed by atoms with van der Waals surface area (Å²) in [5, 5.41) is 0.980. The number of hydrogen-bond acceptors (Lipinski definition) is 3. The van der Waals surface area contributed by atoms with E-state index in [0.29, 0.717) is 5.56 Å². The van der Waals surface area contributed by atoms with Crippen molar-refractivity contribution >= 4 is 27.5 Å². The van der Waals surface area contributed by atoms with Crippen LogP contribution in [0.4, 0.5) is 0 Å². The highest BCUT2D eigenvalue weighted by molar-refractivity contribution is 7.18. The third-order valence-corrected chi connectivity index (χ3v) is 3.89. The van der Waals surface area contributed by atoms with Crippen molar-refractivity contribution in [3.8, 4) is 11.1 Å². The van der Waals surface area contributed by atoms with Gasteiger partial charge in [0.15, 0.2) is 0 Å². The molecule has 94 valence electrons. The van der Waals surface area contributed by atoms with Crippen LogP contribution in [-0.4, -0.2) is 10.9 Å². The first kappa shape index (κ1) is 11.9. The number of rotatable bonds is 2. The lowest BCUT2D eigenvalue weighted by molar-refractivity contribution is 0.100. The molecule has 3 rings (SSSR count). The lowest BCUT2D eigenvalue weighted by atomic mass is 10.0. The molecule has 1 aromatic heterocycles. The Hall–Kier alpha value is -2.20. The van der Waals surface area contributed by atoms with E-state index in [0.717, 1.165) is 26.4 Å². The number of carbonyl (C=O) groups excluding carboxylic acids is 1.